The number of rotatable bonds is 7. The summed E-state index contributed by atoms with van der Waals surface area (Å²) in [6, 6.07) is 12.7. The van der Waals surface area contributed by atoms with Gasteiger partial charge in [-0.05, 0) is 31.0 Å². The molecule has 0 heterocycles. The Labute approximate surface area is 158 Å². The minimum absolute atomic E-state index is 0.130. The van der Waals surface area contributed by atoms with Crippen molar-refractivity contribution in [3.63, 3.8) is 0 Å². The molecule has 142 valence electrons. The Hall–Kier alpha value is -3.28. The molecule has 0 aliphatic heterocycles. The first-order valence-corrected chi connectivity index (χ1v) is 8.27. The van der Waals surface area contributed by atoms with E-state index in [9.17, 15) is 9.59 Å². The van der Waals surface area contributed by atoms with Crippen LogP contribution in [-0.4, -0.2) is 26.2 Å². The molecular weight excluding hydrogens is 348 g/mol. The van der Waals surface area contributed by atoms with Crippen LogP contribution < -0.4 is 4.74 Å². The molecule has 0 atom stereocenters. The highest BCUT2D eigenvalue weighted by Crippen LogP contribution is 2.26. The summed E-state index contributed by atoms with van der Waals surface area (Å²) in [5, 5.41) is 0. The standard InChI is InChI=1S/C21H22O6/c1-14-8-10-16(11-9-14)12-26-21(23)19-15(2)6-5-7-17(19)27-18(13-24-3)20(22)25-4/h5-11,13H,12H2,1-4H3/b18-13+. The molecule has 2 rings (SSSR count). The van der Waals surface area contributed by atoms with Crippen LogP contribution in [0, 0.1) is 13.8 Å². The Kier molecular flexibility index (Phi) is 7.00. The van der Waals surface area contributed by atoms with Gasteiger partial charge in [-0.2, -0.15) is 0 Å². The van der Waals surface area contributed by atoms with E-state index in [-0.39, 0.29) is 23.7 Å². The minimum Gasteiger partial charge on any atom is -0.500 e. The van der Waals surface area contributed by atoms with Crippen LogP contribution in [0.5, 0.6) is 5.75 Å². The van der Waals surface area contributed by atoms with Gasteiger partial charge in [0.1, 0.15) is 24.2 Å². The van der Waals surface area contributed by atoms with E-state index in [1.165, 1.54) is 14.2 Å². The van der Waals surface area contributed by atoms with Gasteiger partial charge in [-0.3, -0.25) is 0 Å². The molecule has 0 saturated carbocycles. The lowest BCUT2D eigenvalue weighted by Gasteiger charge is -2.14. The normalized spacial score (nSPS) is 10.9. The second kappa shape index (κ2) is 9.43. The zero-order valence-corrected chi connectivity index (χ0v) is 15.8. The Bertz CT molecular complexity index is 836. The van der Waals surface area contributed by atoms with Crippen molar-refractivity contribution in [2.45, 2.75) is 20.5 Å². The summed E-state index contributed by atoms with van der Waals surface area (Å²) in [4.78, 5) is 24.4. The van der Waals surface area contributed by atoms with E-state index in [0.29, 0.717) is 5.56 Å². The lowest BCUT2D eigenvalue weighted by Crippen LogP contribution is -2.15. The first-order valence-electron chi connectivity index (χ1n) is 8.27. The molecule has 0 aromatic heterocycles. The van der Waals surface area contributed by atoms with Crippen molar-refractivity contribution in [1.82, 2.24) is 0 Å². The number of aryl methyl sites for hydroxylation is 2. The first kappa shape index (κ1) is 20.0. The van der Waals surface area contributed by atoms with Gasteiger partial charge in [0, 0.05) is 0 Å². The van der Waals surface area contributed by atoms with Crippen molar-refractivity contribution in [2.24, 2.45) is 0 Å². The fraction of sp³-hybridized carbons (Fsp3) is 0.238. The van der Waals surface area contributed by atoms with Gasteiger partial charge in [-0.1, -0.05) is 42.0 Å². The van der Waals surface area contributed by atoms with Gasteiger partial charge >= 0.3 is 11.9 Å². The number of ether oxygens (including phenoxy) is 4. The number of hydrogen-bond donors (Lipinski definition) is 0. The highest BCUT2D eigenvalue weighted by molar-refractivity contribution is 5.95. The summed E-state index contributed by atoms with van der Waals surface area (Å²) < 4.78 is 20.5. The third-order valence-electron chi connectivity index (χ3n) is 3.76. The van der Waals surface area contributed by atoms with Crippen LogP contribution in [0.25, 0.3) is 0 Å². The fourth-order valence-corrected chi connectivity index (χ4v) is 2.33. The van der Waals surface area contributed by atoms with Crippen molar-refractivity contribution in [2.75, 3.05) is 14.2 Å². The molecule has 0 N–H and O–H groups in total. The zero-order valence-electron chi connectivity index (χ0n) is 15.8. The summed E-state index contributed by atoms with van der Waals surface area (Å²) in [5.74, 6) is -1.28. The molecule has 2 aromatic rings. The van der Waals surface area contributed by atoms with Gasteiger partial charge in [0.25, 0.3) is 0 Å². The molecule has 0 spiro atoms. The fourth-order valence-electron chi connectivity index (χ4n) is 2.33. The van der Waals surface area contributed by atoms with Gasteiger partial charge < -0.3 is 18.9 Å². The molecule has 6 heteroatoms. The summed E-state index contributed by atoms with van der Waals surface area (Å²) in [7, 11) is 2.60. The van der Waals surface area contributed by atoms with Gasteiger partial charge in [0.15, 0.2) is 0 Å². The van der Waals surface area contributed by atoms with Gasteiger partial charge in [0.05, 0.1) is 14.2 Å². The van der Waals surface area contributed by atoms with Gasteiger partial charge in [-0.25, -0.2) is 9.59 Å². The Morgan fingerprint density at radius 2 is 1.70 bits per heavy atom. The van der Waals surface area contributed by atoms with Crippen molar-refractivity contribution < 1.29 is 28.5 Å². The number of carbonyl (C=O) groups is 2. The predicted octanol–water partition coefficient (Wildman–Crippen LogP) is 3.70. The zero-order chi connectivity index (χ0) is 19.8. The van der Waals surface area contributed by atoms with E-state index in [0.717, 1.165) is 17.4 Å². The smallest absolute Gasteiger partial charge is 0.377 e. The molecule has 27 heavy (non-hydrogen) atoms. The Morgan fingerprint density at radius 3 is 2.33 bits per heavy atom. The number of carbonyl (C=O) groups excluding carboxylic acids is 2. The number of methoxy groups -OCH3 is 2. The average Bonchev–Trinajstić information content (AvgIpc) is 2.66. The molecule has 0 aliphatic rings. The lowest BCUT2D eigenvalue weighted by molar-refractivity contribution is -0.138. The first-order chi connectivity index (χ1) is 13.0. The Morgan fingerprint density at radius 1 is 1.00 bits per heavy atom. The molecule has 2 aromatic carbocycles. The van der Waals surface area contributed by atoms with Crippen LogP contribution in [0.15, 0.2) is 54.5 Å². The summed E-state index contributed by atoms with van der Waals surface area (Å²) >= 11 is 0. The van der Waals surface area contributed by atoms with Gasteiger partial charge in [0.2, 0.25) is 5.76 Å². The van der Waals surface area contributed by atoms with E-state index >= 15 is 0 Å². The van der Waals surface area contributed by atoms with Crippen LogP contribution in [0.2, 0.25) is 0 Å². The van der Waals surface area contributed by atoms with Crippen LogP contribution >= 0.6 is 0 Å². The molecule has 0 fully saturated rings. The van der Waals surface area contributed by atoms with E-state index in [1.807, 2.05) is 31.2 Å². The molecule has 0 radical (unpaired) electrons. The van der Waals surface area contributed by atoms with Crippen molar-refractivity contribution in [3.8, 4) is 5.75 Å². The maximum absolute atomic E-state index is 12.6. The SMILES string of the molecule is CO/C=C(/Oc1cccc(C)c1C(=O)OCc1ccc(C)cc1)C(=O)OC. The minimum atomic E-state index is -0.725. The second-order valence-corrected chi connectivity index (χ2v) is 5.82. The third-order valence-corrected chi connectivity index (χ3v) is 3.76. The monoisotopic (exact) mass is 370 g/mol. The predicted molar refractivity (Wildman–Crippen MR) is 99.2 cm³/mol. The van der Waals surface area contributed by atoms with E-state index in [2.05, 4.69) is 4.74 Å². The Balaban J connectivity index is 2.22. The maximum atomic E-state index is 12.6. The van der Waals surface area contributed by atoms with Crippen LogP contribution in [0.1, 0.15) is 27.0 Å². The number of benzene rings is 2. The summed E-state index contributed by atoms with van der Waals surface area (Å²) in [6.45, 7) is 3.87. The van der Waals surface area contributed by atoms with Crippen LogP contribution in [0.3, 0.4) is 0 Å². The lowest BCUT2D eigenvalue weighted by atomic mass is 10.1. The second-order valence-electron chi connectivity index (χ2n) is 5.82. The van der Waals surface area contributed by atoms with Crippen molar-refractivity contribution >= 4 is 11.9 Å². The highest BCUT2D eigenvalue weighted by Gasteiger charge is 2.21. The summed E-state index contributed by atoms with van der Waals surface area (Å²) in [5.41, 5.74) is 2.89. The van der Waals surface area contributed by atoms with E-state index in [4.69, 9.17) is 14.2 Å². The van der Waals surface area contributed by atoms with Crippen LogP contribution in [-0.2, 0) is 25.6 Å². The molecule has 0 unspecified atom stereocenters. The molecule has 6 nitrogen and oxygen atoms in total. The summed E-state index contributed by atoms with van der Waals surface area (Å²) in [6.07, 6.45) is 1.11. The van der Waals surface area contributed by atoms with Crippen molar-refractivity contribution in [1.29, 1.82) is 0 Å². The molecule has 0 saturated heterocycles. The van der Waals surface area contributed by atoms with E-state index < -0.39 is 11.9 Å². The van der Waals surface area contributed by atoms with Crippen molar-refractivity contribution in [3.05, 3.63) is 76.7 Å². The number of hydrogen-bond acceptors (Lipinski definition) is 6. The highest BCUT2D eigenvalue weighted by atomic mass is 16.6. The third kappa shape index (κ3) is 5.34. The maximum Gasteiger partial charge on any atom is 0.377 e. The quantitative estimate of drug-likeness (QED) is 0.420. The number of esters is 2. The molecule has 0 bridgehead atoms. The largest absolute Gasteiger partial charge is 0.500 e. The van der Waals surface area contributed by atoms with E-state index in [1.54, 1.807) is 25.1 Å². The molecular formula is C21H22O6. The molecule has 0 aliphatic carbocycles. The molecule has 0 amide bonds. The average molecular weight is 370 g/mol. The van der Waals surface area contributed by atoms with Crippen LogP contribution in [0.4, 0.5) is 0 Å². The van der Waals surface area contributed by atoms with Gasteiger partial charge in [-0.15, -0.1) is 0 Å². The topological polar surface area (TPSA) is 71.1 Å².